The molecule has 1 fully saturated rings. The Labute approximate surface area is 165 Å². The van der Waals surface area contributed by atoms with Gasteiger partial charge in [0.1, 0.15) is 4.21 Å². The minimum Gasteiger partial charge on any atom is -0.336 e. The second-order valence-corrected chi connectivity index (χ2v) is 10.3. The number of carbonyl (C=O) groups excluding carboxylic acids is 1. The van der Waals surface area contributed by atoms with Crippen LogP contribution in [0.3, 0.4) is 0 Å². The first-order chi connectivity index (χ1) is 12.9. The number of carbonyl (C=O) groups is 1. The first-order valence-corrected chi connectivity index (χ1v) is 11.6. The molecule has 0 radical (unpaired) electrons. The first-order valence-electron chi connectivity index (χ1n) is 9.27. The Morgan fingerprint density at radius 1 is 1.22 bits per heavy atom. The number of piperidine rings is 1. The van der Waals surface area contributed by atoms with Crippen LogP contribution in [0.25, 0.3) is 0 Å². The molecular formula is C20H26N2O3S2. The summed E-state index contributed by atoms with van der Waals surface area (Å²) >= 11 is 1.22. The highest BCUT2D eigenvalue weighted by atomic mass is 32.2. The van der Waals surface area contributed by atoms with Gasteiger partial charge in [0.2, 0.25) is 5.91 Å². The van der Waals surface area contributed by atoms with Crippen LogP contribution >= 0.6 is 11.3 Å². The highest BCUT2D eigenvalue weighted by molar-refractivity contribution is 7.91. The van der Waals surface area contributed by atoms with E-state index in [1.54, 1.807) is 17.5 Å². The molecule has 1 atom stereocenters. The lowest BCUT2D eigenvalue weighted by Crippen LogP contribution is -2.48. The number of amides is 1. The largest absolute Gasteiger partial charge is 0.336 e. The van der Waals surface area contributed by atoms with E-state index in [0.717, 1.165) is 12.0 Å². The topological polar surface area (TPSA) is 57.7 Å². The van der Waals surface area contributed by atoms with Crippen molar-refractivity contribution < 1.29 is 13.2 Å². The van der Waals surface area contributed by atoms with E-state index in [4.69, 9.17) is 0 Å². The van der Waals surface area contributed by atoms with Gasteiger partial charge in [0, 0.05) is 25.7 Å². The highest BCUT2D eigenvalue weighted by Crippen LogP contribution is 2.28. The van der Waals surface area contributed by atoms with Crippen LogP contribution in [0.15, 0.2) is 52.1 Å². The van der Waals surface area contributed by atoms with E-state index < -0.39 is 10.0 Å². The van der Waals surface area contributed by atoms with Crippen LogP contribution < -0.4 is 0 Å². The summed E-state index contributed by atoms with van der Waals surface area (Å²) in [6.07, 6.45) is 1.44. The molecule has 1 amide bonds. The fourth-order valence-electron chi connectivity index (χ4n) is 3.43. The number of nitrogens with zero attached hydrogens (tertiary/aromatic N) is 2. The second kappa shape index (κ2) is 8.54. The summed E-state index contributed by atoms with van der Waals surface area (Å²) in [6, 6.07) is 13.3. The maximum atomic E-state index is 13.2. The minimum absolute atomic E-state index is 0.0416. The monoisotopic (exact) mass is 406 g/mol. The van der Waals surface area contributed by atoms with Gasteiger partial charge in [-0.05, 0) is 43.7 Å². The molecule has 2 aromatic rings. The molecule has 27 heavy (non-hydrogen) atoms. The van der Waals surface area contributed by atoms with Crippen molar-refractivity contribution in [3.63, 3.8) is 0 Å². The van der Waals surface area contributed by atoms with E-state index in [0.29, 0.717) is 23.7 Å². The Morgan fingerprint density at radius 3 is 2.59 bits per heavy atom. The summed E-state index contributed by atoms with van der Waals surface area (Å²) in [5.41, 5.74) is 1.08. The molecule has 146 valence electrons. The van der Waals surface area contributed by atoms with Gasteiger partial charge in [-0.15, -0.1) is 11.3 Å². The molecule has 0 N–H and O–H groups in total. The summed E-state index contributed by atoms with van der Waals surface area (Å²) in [5, 5.41) is 1.76. The quantitative estimate of drug-likeness (QED) is 0.737. The predicted molar refractivity (Wildman–Crippen MR) is 108 cm³/mol. The van der Waals surface area contributed by atoms with E-state index in [1.165, 1.54) is 15.6 Å². The molecule has 2 heterocycles. The van der Waals surface area contributed by atoms with E-state index >= 15 is 0 Å². The van der Waals surface area contributed by atoms with Gasteiger partial charge in [-0.25, -0.2) is 8.42 Å². The number of sulfonamides is 1. The number of hydrogen-bond donors (Lipinski definition) is 0. The van der Waals surface area contributed by atoms with Gasteiger partial charge in [0.25, 0.3) is 10.0 Å². The van der Waals surface area contributed by atoms with Crippen LogP contribution in [0.2, 0.25) is 0 Å². The maximum Gasteiger partial charge on any atom is 0.252 e. The Bertz CT molecular complexity index is 849. The van der Waals surface area contributed by atoms with Gasteiger partial charge < -0.3 is 4.90 Å². The lowest BCUT2D eigenvalue weighted by molar-refractivity contribution is -0.139. The van der Waals surface area contributed by atoms with Crippen molar-refractivity contribution in [2.24, 2.45) is 5.92 Å². The van der Waals surface area contributed by atoms with Crippen molar-refractivity contribution >= 4 is 27.3 Å². The van der Waals surface area contributed by atoms with E-state index in [1.807, 2.05) is 49.1 Å². The molecule has 3 rings (SSSR count). The Hall–Kier alpha value is -1.70. The van der Waals surface area contributed by atoms with Crippen LogP contribution in [-0.4, -0.2) is 42.7 Å². The van der Waals surface area contributed by atoms with Crippen LogP contribution in [0.5, 0.6) is 0 Å². The second-order valence-electron chi connectivity index (χ2n) is 7.18. The number of thiophene rings is 1. The normalized spacial score (nSPS) is 18.6. The Kier molecular flexibility index (Phi) is 6.34. The van der Waals surface area contributed by atoms with E-state index in [9.17, 15) is 13.2 Å². The predicted octanol–water partition coefficient (Wildman–Crippen LogP) is 3.59. The summed E-state index contributed by atoms with van der Waals surface area (Å²) in [6.45, 7) is 5.29. The Morgan fingerprint density at radius 2 is 1.96 bits per heavy atom. The van der Waals surface area contributed by atoms with Gasteiger partial charge in [0.05, 0.1) is 5.92 Å². The zero-order chi connectivity index (χ0) is 19.4. The molecule has 0 bridgehead atoms. The lowest BCUT2D eigenvalue weighted by Gasteiger charge is -2.35. The Balaban J connectivity index is 1.75. The minimum atomic E-state index is -3.51. The van der Waals surface area contributed by atoms with E-state index in [2.05, 4.69) is 0 Å². The van der Waals surface area contributed by atoms with Crippen molar-refractivity contribution in [1.29, 1.82) is 0 Å². The fourth-order valence-corrected chi connectivity index (χ4v) is 6.10. The smallest absolute Gasteiger partial charge is 0.252 e. The average molecular weight is 407 g/mol. The van der Waals surface area contributed by atoms with Crippen molar-refractivity contribution in [1.82, 2.24) is 9.21 Å². The summed E-state index contributed by atoms with van der Waals surface area (Å²) in [5.74, 6) is -0.250. The zero-order valence-electron chi connectivity index (χ0n) is 15.7. The van der Waals surface area contributed by atoms with Crippen molar-refractivity contribution in [2.75, 3.05) is 13.1 Å². The molecule has 1 aliphatic heterocycles. The lowest BCUT2D eigenvalue weighted by atomic mass is 9.97. The van der Waals surface area contributed by atoms with Crippen LogP contribution in [0.1, 0.15) is 32.3 Å². The molecule has 0 aliphatic carbocycles. The summed E-state index contributed by atoms with van der Waals surface area (Å²) in [4.78, 5) is 15.1. The van der Waals surface area contributed by atoms with Crippen molar-refractivity contribution in [2.45, 2.75) is 43.5 Å². The van der Waals surface area contributed by atoms with Gasteiger partial charge in [-0.2, -0.15) is 4.31 Å². The number of hydrogen-bond acceptors (Lipinski definition) is 4. The molecule has 7 heteroatoms. The summed E-state index contributed by atoms with van der Waals surface area (Å²) < 4.78 is 27.5. The van der Waals surface area contributed by atoms with Crippen molar-refractivity contribution in [3.05, 3.63) is 53.4 Å². The third-order valence-corrected chi connectivity index (χ3v) is 8.16. The average Bonchev–Trinajstić information content (AvgIpc) is 3.22. The molecule has 1 aromatic heterocycles. The molecule has 1 aromatic carbocycles. The molecule has 1 aliphatic rings. The van der Waals surface area contributed by atoms with Gasteiger partial charge in [-0.1, -0.05) is 36.4 Å². The standard InChI is InChI=1S/C20H26N2O3S2/c1-16(2)22(14-17-8-4-3-5-9-17)20(23)18-10-6-12-21(15-18)27(24,25)19-11-7-13-26-19/h3-5,7-9,11,13,16,18H,6,10,12,14-15H2,1-2H3. The molecule has 0 saturated carbocycles. The molecule has 5 nitrogen and oxygen atoms in total. The van der Waals surface area contributed by atoms with Crippen LogP contribution in [-0.2, 0) is 21.4 Å². The van der Waals surface area contributed by atoms with Gasteiger partial charge in [0.15, 0.2) is 0 Å². The number of rotatable bonds is 6. The fraction of sp³-hybridized carbons (Fsp3) is 0.450. The highest BCUT2D eigenvalue weighted by Gasteiger charge is 2.36. The van der Waals surface area contributed by atoms with Crippen LogP contribution in [0, 0.1) is 5.92 Å². The number of benzene rings is 1. The molecule has 0 spiro atoms. The molecule has 1 saturated heterocycles. The maximum absolute atomic E-state index is 13.2. The van der Waals surface area contributed by atoms with Crippen LogP contribution in [0.4, 0.5) is 0 Å². The zero-order valence-corrected chi connectivity index (χ0v) is 17.4. The third-order valence-electron chi connectivity index (χ3n) is 4.92. The third kappa shape index (κ3) is 4.59. The summed E-state index contributed by atoms with van der Waals surface area (Å²) in [7, 11) is -3.51. The molecular weight excluding hydrogens is 380 g/mol. The van der Waals surface area contributed by atoms with Crippen molar-refractivity contribution in [3.8, 4) is 0 Å². The SMILES string of the molecule is CC(C)N(Cc1ccccc1)C(=O)C1CCCN(S(=O)(=O)c2cccs2)C1. The van der Waals surface area contributed by atoms with E-state index in [-0.39, 0.29) is 24.4 Å². The first kappa shape index (κ1) is 20.0. The van der Waals surface area contributed by atoms with Gasteiger partial charge in [-0.3, -0.25) is 4.79 Å². The van der Waals surface area contributed by atoms with Gasteiger partial charge >= 0.3 is 0 Å². The molecule has 1 unspecified atom stereocenters.